The van der Waals surface area contributed by atoms with Crippen LogP contribution in [0, 0.1) is 0 Å². The van der Waals surface area contributed by atoms with Crippen LogP contribution in [0.5, 0.6) is 0 Å². The van der Waals surface area contributed by atoms with Gasteiger partial charge in [0.2, 0.25) is 5.78 Å². The minimum absolute atomic E-state index is 0.0900. The number of pyridine rings is 1. The van der Waals surface area contributed by atoms with Crippen LogP contribution in [-0.2, 0) is 0 Å². The molecule has 0 N–H and O–H groups in total. The van der Waals surface area contributed by atoms with Crippen molar-refractivity contribution in [2.24, 2.45) is 0 Å². The molecule has 0 unspecified atom stereocenters. The number of rotatable bonds is 3. The predicted molar refractivity (Wildman–Crippen MR) is 99.1 cm³/mol. The second kappa shape index (κ2) is 6.09. The van der Waals surface area contributed by atoms with Crippen LogP contribution in [0.15, 0.2) is 85.1 Å². The van der Waals surface area contributed by atoms with Gasteiger partial charge in [0.1, 0.15) is 5.69 Å². The Labute approximate surface area is 140 Å². The second-order valence-corrected chi connectivity index (χ2v) is 5.65. The summed E-state index contributed by atoms with van der Waals surface area (Å²) < 4.78 is 0. The lowest BCUT2D eigenvalue weighted by Gasteiger charge is -2.07. The molecule has 2 nitrogen and oxygen atoms in total. The van der Waals surface area contributed by atoms with Crippen molar-refractivity contribution in [2.45, 2.75) is 0 Å². The average Bonchev–Trinajstić information content (AvgIpc) is 2.66. The van der Waals surface area contributed by atoms with E-state index in [4.69, 9.17) is 0 Å². The molecule has 0 aliphatic rings. The molecule has 1 heterocycles. The number of hydrogen-bond acceptors (Lipinski definition) is 2. The highest BCUT2D eigenvalue weighted by atomic mass is 16.1. The zero-order valence-electron chi connectivity index (χ0n) is 13.0. The van der Waals surface area contributed by atoms with Crippen LogP contribution in [0.4, 0.5) is 0 Å². The van der Waals surface area contributed by atoms with Crippen molar-refractivity contribution < 1.29 is 4.79 Å². The molecule has 0 saturated carbocycles. The molecule has 0 fully saturated rings. The molecule has 0 radical (unpaired) electrons. The summed E-state index contributed by atoms with van der Waals surface area (Å²) in [5, 5.41) is 4.73. The van der Waals surface area contributed by atoms with Crippen LogP contribution in [0.3, 0.4) is 0 Å². The maximum atomic E-state index is 12.3. The predicted octanol–water partition coefficient (Wildman–Crippen LogP) is 5.28. The Morgan fingerprint density at radius 2 is 1.50 bits per heavy atom. The molecule has 4 aromatic rings. The van der Waals surface area contributed by atoms with E-state index in [1.165, 1.54) is 16.2 Å². The molecule has 24 heavy (non-hydrogen) atoms. The molecular formula is C22H15NO. The highest BCUT2D eigenvalue weighted by Gasteiger charge is 2.06. The summed E-state index contributed by atoms with van der Waals surface area (Å²) in [5.41, 5.74) is 1.49. The van der Waals surface area contributed by atoms with E-state index in [-0.39, 0.29) is 5.78 Å². The lowest BCUT2D eigenvalue weighted by atomic mass is 9.97. The van der Waals surface area contributed by atoms with Crippen molar-refractivity contribution in [2.75, 3.05) is 0 Å². The molecule has 0 atom stereocenters. The number of ketones is 1. The first kappa shape index (κ1) is 14.3. The maximum Gasteiger partial charge on any atom is 0.204 e. The normalized spacial score (nSPS) is 11.3. The largest absolute Gasteiger partial charge is 0.288 e. The summed E-state index contributed by atoms with van der Waals surface area (Å²) in [6.07, 6.45) is 5.11. The molecule has 0 amide bonds. The third kappa shape index (κ3) is 2.59. The molecule has 114 valence electrons. The van der Waals surface area contributed by atoms with E-state index in [1.54, 1.807) is 24.4 Å². The number of carbonyl (C=O) groups is 1. The summed E-state index contributed by atoms with van der Waals surface area (Å²) in [4.78, 5) is 16.4. The van der Waals surface area contributed by atoms with E-state index in [2.05, 4.69) is 41.4 Å². The van der Waals surface area contributed by atoms with E-state index >= 15 is 0 Å². The van der Waals surface area contributed by atoms with Crippen molar-refractivity contribution in [3.05, 3.63) is 96.3 Å². The summed E-state index contributed by atoms with van der Waals surface area (Å²) in [6, 6.07) is 24.1. The molecule has 2 heteroatoms. The number of hydrogen-bond donors (Lipinski definition) is 0. The fourth-order valence-electron chi connectivity index (χ4n) is 2.98. The van der Waals surface area contributed by atoms with Crippen LogP contribution in [0.25, 0.3) is 27.6 Å². The minimum atomic E-state index is -0.0900. The Morgan fingerprint density at radius 3 is 2.29 bits per heavy atom. The van der Waals surface area contributed by atoms with E-state index in [0.29, 0.717) is 5.69 Å². The van der Waals surface area contributed by atoms with Gasteiger partial charge in [0, 0.05) is 6.20 Å². The van der Waals surface area contributed by atoms with Gasteiger partial charge in [-0.1, -0.05) is 60.7 Å². The smallest absolute Gasteiger partial charge is 0.204 e. The first-order chi connectivity index (χ1) is 11.8. The number of fused-ring (bicyclic) bond motifs is 3. The van der Waals surface area contributed by atoms with Gasteiger partial charge < -0.3 is 0 Å². The number of nitrogens with zero attached hydrogens (tertiary/aromatic N) is 1. The van der Waals surface area contributed by atoms with Crippen LogP contribution >= 0.6 is 0 Å². The van der Waals surface area contributed by atoms with Gasteiger partial charge >= 0.3 is 0 Å². The molecule has 0 aliphatic heterocycles. The molecule has 0 aliphatic carbocycles. The van der Waals surface area contributed by atoms with E-state index in [1.807, 2.05) is 30.3 Å². The zero-order valence-corrected chi connectivity index (χ0v) is 13.0. The highest BCUT2D eigenvalue weighted by molar-refractivity contribution is 6.12. The SMILES string of the molecule is O=C(C=Cc1cc2ccccc2c2ccccc12)c1ccccn1. The first-order valence-electron chi connectivity index (χ1n) is 7.87. The van der Waals surface area contributed by atoms with Gasteiger partial charge in [0.05, 0.1) is 0 Å². The Kier molecular flexibility index (Phi) is 3.64. The fraction of sp³-hybridized carbons (Fsp3) is 0. The van der Waals surface area contributed by atoms with Crippen molar-refractivity contribution in [3.8, 4) is 0 Å². The number of benzene rings is 3. The van der Waals surface area contributed by atoms with Crippen molar-refractivity contribution in [1.82, 2.24) is 4.98 Å². The number of aromatic nitrogens is 1. The van der Waals surface area contributed by atoms with Gasteiger partial charge in [-0.2, -0.15) is 0 Å². The summed E-state index contributed by atoms with van der Waals surface area (Å²) in [6.45, 7) is 0. The molecule has 1 aromatic heterocycles. The summed E-state index contributed by atoms with van der Waals surface area (Å²) >= 11 is 0. The third-order valence-corrected chi connectivity index (χ3v) is 4.13. The summed E-state index contributed by atoms with van der Waals surface area (Å²) in [5.74, 6) is -0.0900. The topological polar surface area (TPSA) is 30.0 Å². The van der Waals surface area contributed by atoms with E-state index < -0.39 is 0 Å². The van der Waals surface area contributed by atoms with Gasteiger partial charge in [0.25, 0.3) is 0 Å². The quantitative estimate of drug-likeness (QED) is 0.292. The first-order valence-corrected chi connectivity index (χ1v) is 7.87. The number of allylic oxidation sites excluding steroid dienone is 1. The van der Waals surface area contributed by atoms with Crippen LogP contribution in [0.1, 0.15) is 16.1 Å². The van der Waals surface area contributed by atoms with Gasteiger partial charge in [-0.25, -0.2) is 0 Å². The second-order valence-electron chi connectivity index (χ2n) is 5.65. The maximum absolute atomic E-state index is 12.3. The van der Waals surface area contributed by atoms with Gasteiger partial charge in [-0.3, -0.25) is 9.78 Å². The van der Waals surface area contributed by atoms with Crippen LogP contribution in [-0.4, -0.2) is 10.8 Å². The van der Waals surface area contributed by atoms with Crippen LogP contribution < -0.4 is 0 Å². The molecule has 3 aromatic carbocycles. The Morgan fingerprint density at radius 1 is 0.792 bits per heavy atom. The Bertz CT molecular complexity index is 1060. The van der Waals surface area contributed by atoms with Crippen molar-refractivity contribution in [1.29, 1.82) is 0 Å². The monoisotopic (exact) mass is 309 g/mol. The van der Waals surface area contributed by atoms with E-state index in [9.17, 15) is 4.79 Å². The minimum Gasteiger partial charge on any atom is -0.288 e. The highest BCUT2D eigenvalue weighted by Crippen LogP contribution is 2.29. The van der Waals surface area contributed by atoms with Gasteiger partial charge in [-0.15, -0.1) is 0 Å². The Balaban J connectivity index is 1.84. The molecule has 0 bridgehead atoms. The standard InChI is InChI=1S/C22H15NO/c24-22(21-11-5-6-14-23-21)13-12-17-15-16-7-1-2-8-18(16)20-10-4-3-9-19(17)20/h1-15H. The van der Waals surface area contributed by atoms with Crippen molar-refractivity contribution >= 4 is 33.4 Å². The van der Waals surface area contributed by atoms with Gasteiger partial charge in [-0.05, 0) is 51.4 Å². The molecule has 0 spiro atoms. The summed E-state index contributed by atoms with van der Waals surface area (Å²) in [7, 11) is 0. The molecular weight excluding hydrogens is 294 g/mol. The molecule has 4 rings (SSSR count). The fourth-order valence-corrected chi connectivity index (χ4v) is 2.98. The lowest BCUT2D eigenvalue weighted by molar-refractivity contribution is 0.104. The number of carbonyl (C=O) groups excluding carboxylic acids is 1. The average molecular weight is 309 g/mol. The molecule has 0 saturated heterocycles. The van der Waals surface area contributed by atoms with Crippen LogP contribution in [0.2, 0.25) is 0 Å². The van der Waals surface area contributed by atoms with Crippen molar-refractivity contribution in [3.63, 3.8) is 0 Å². The lowest BCUT2D eigenvalue weighted by Crippen LogP contribution is -1.96. The van der Waals surface area contributed by atoms with E-state index in [0.717, 1.165) is 10.9 Å². The third-order valence-electron chi connectivity index (χ3n) is 4.13. The zero-order chi connectivity index (χ0) is 16.4. The Hall–Kier alpha value is -3.26. The van der Waals surface area contributed by atoms with Gasteiger partial charge in [0.15, 0.2) is 0 Å².